The average Bonchev–Trinajstić information content (AvgIpc) is 3.39. The summed E-state index contributed by atoms with van der Waals surface area (Å²) in [5.41, 5.74) is 1.98. The number of hydrogen-bond acceptors (Lipinski definition) is 5. The Hall–Kier alpha value is -1.81. The summed E-state index contributed by atoms with van der Waals surface area (Å²) in [6.07, 6.45) is 2.58. The van der Waals surface area contributed by atoms with Crippen molar-refractivity contribution in [1.82, 2.24) is 21.1 Å². The van der Waals surface area contributed by atoms with Crippen LogP contribution >= 0.6 is 11.6 Å². The van der Waals surface area contributed by atoms with Gasteiger partial charge in [0, 0.05) is 18.3 Å². The molecular formula is C27H39ClF3N5O. The van der Waals surface area contributed by atoms with Crippen molar-refractivity contribution in [3.8, 4) is 0 Å². The quantitative estimate of drug-likeness (QED) is 0.291. The van der Waals surface area contributed by atoms with Gasteiger partial charge in [0.2, 0.25) is 0 Å². The normalized spacial score (nSPS) is 25.4. The molecule has 10 heteroatoms. The van der Waals surface area contributed by atoms with Crippen LogP contribution in [0.2, 0.25) is 5.02 Å². The van der Waals surface area contributed by atoms with E-state index in [9.17, 15) is 18.0 Å². The van der Waals surface area contributed by atoms with Crippen molar-refractivity contribution in [1.29, 1.82) is 0 Å². The van der Waals surface area contributed by atoms with Crippen molar-refractivity contribution >= 4 is 23.2 Å². The van der Waals surface area contributed by atoms with Crippen molar-refractivity contribution in [3.05, 3.63) is 41.6 Å². The first-order valence-electron chi connectivity index (χ1n) is 13.3. The monoisotopic (exact) mass is 541 g/mol. The Morgan fingerprint density at radius 1 is 1.27 bits per heavy atom. The van der Waals surface area contributed by atoms with Gasteiger partial charge in [0.1, 0.15) is 5.54 Å². The molecule has 2 saturated carbocycles. The van der Waals surface area contributed by atoms with Crippen LogP contribution in [0.5, 0.6) is 0 Å². The summed E-state index contributed by atoms with van der Waals surface area (Å²) in [6, 6.07) is 3.65. The van der Waals surface area contributed by atoms with Crippen molar-refractivity contribution in [2.45, 2.75) is 76.2 Å². The average molecular weight is 542 g/mol. The summed E-state index contributed by atoms with van der Waals surface area (Å²) in [7, 11) is 0. The van der Waals surface area contributed by atoms with E-state index < -0.39 is 17.3 Å². The smallest absolute Gasteiger partial charge is 0.323 e. The van der Waals surface area contributed by atoms with Gasteiger partial charge in [-0.3, -0.25) is 4.79 Å². The predicted octanol–water partition coefficient (Wildman–Crippen LogP) is 5.17. The highest BCUT2D eigenvalue weighted by molar-refractivity contribution is 6.33. The molecule has 4 N–H and O–H groups in total. The largest absolute Gasteiger partial charge is 0.416 e. The second-order valence-electron chi connectivity index (χ2n) is 11.2. The number of hydrazine groups is 1. The highest BCUT2D eigenvalue weighted by Crippen LogP contribution is 2.40. The van der Waals surface area contributed by atoms with Gasteiger partial charge in [0.25, 0.3) is 5.91 Å². The molecule has 0 bridgehead atoms. The molecule has 4 rings (SSSR count). The summed E-state index contributed by atoms with van der Waals surface area (Å²) < 4.78 is 39.0. The third kappa shape index (κ3) is 6.27. The maximum absolute atomic E-state index is 13.4. The lowest BCUT2D eigenvalue weighted by Crippen LogP contribution is -2.65. The SMILES string of the molecule is C=CN(NC(CCNC1CC2CNCC2C1)C(C)C)C1(C(=O)Nc2ccc(C(F)(F)F)cc2Cl)CCC1. The van der Waals surface area contributed by atoms with Gasteiger partial charge in [0.15, 0.2) is 0 Å². The second-order valence-corrected chi connectivity index (χ2v) is 11.6. The van der Waals surface area contributed by atoms with Gasteiger partial charge in [-0.1, -0.05) is 32.0 Å². The van der Waals surface area contributed by atoms with Gasteiger partial charge in [0.05, 0.1) is 16.3 Å². The number of carbonyl (C=O) groups excluding carboxylic acids is 1. The van der Waals surface area contributed by atoms with E-state index in [4.69, 9.17) is 11.6 Å². The van der Waals surface area contributed by atoms with Crippen molar-refractivity contribution in [2.24, 2.45) is 17.8 Å². The van der Waals surface area contributed by atoms with Gasteiger partial charge >= 0.3 is 6.18 Å². The Morgan fingerprint density at radius 2 is 1.95 bits per heavy atom. The van der Waals surface area contributed by atoms with Crippen LogP contribution < -0.4 is 21.4 Å². The second kappa shape index (κ2) is 11.5. The summed E-state index contributed by atoms with van der Waals surface area (Å²) in [4.78, 5) is 13.4. The first kappa shape index (κ1) is 28.2. The van der Waals surface area contributed by atoms with Crippen molar-refractivity contribution in [2.75, 3.05) is 25.0 Å². The van der Waals surface area contributed by atoms with Gasteiger partial charge in [-0.05, 0) is 94.1 Å². The summed E-state index contributed by atoms with van der Waals surface area (Å²) in [5, 5.41) is 11.7. The first-order valence-corrected chi connectivity index (χ1v) is 13.7. The number of alkyl halides is 3. The number of hydrogen-bond donors (Lipinski definition) is 4. The molecule has 206 valence electrons. The Morgan fingerprint density at radius 3 is 2.46 bits per heavy atom. The zero-order chi connectivity index (χ0) is 26.8. The minimum atomic E-state index is -4.50. The lowest BCUT2D eigenvalue weighted by atomic mass is 9.75. The van der Waals surface area contributed by atoms with Crippen LogP contribution in [0.1, 0.15) is 57.9 Å². The molecule has 1 amide bonds. The number of nitrogens with zero attached hydrogens (tertiary/aromatic N) is 1. The fraction of sp³-hybridized carbons (Fsp3) is 0.667. The molecule has 0 aromatic heterocycles. The molecule has 2 aliphatic carbocycles. The van der Waals surface area contributed by atoms with Crippen LogP contribution in [0.15, 0.2) is 31.0 Å². The number of halogens is 4. The number of amides is 1. The van der Waals surface area contributed by atoms with E-state index in [0.29, 0.717) is 24.8 Å². The van der Waals surface area contributed by atoms with Gasteiger partial charge in [-0.2, -0.15) is 13.2 Å². The molecule has 3 fully saturated rings. The number of carbonyl (C=O) groups is 1. The van der Waals surface area contributed by atoms with E-state index in [1.54, 1.807) is 11.2 Å². The zero-order valence-corrected chi connectivity index (χ0v) is 22.4. The molecule has 37 heavy (non-hydrogen) atoms. The van der Waals surface area contributed by atoms with Crippen LogP contribution in [0.3, 0.4) is 0 Å². The lowest BCUT2D eigenvalue weighted by Gasteiger charge is -2.49. The van der Waals surface area contributed by atoms with Crippen LogP contribution in [-0.4, -0.2) is 48.2 Å². The van der Waals surface area contributed by atoms with E-state index in [-0.39, 0.29) is 22.7 Å². The predicted molar refractivity (Wildman–Crippen MR) is 141 cm³/mol. The zero-order valence-electron chi connectivity index (χ0n) is 21.6. The Balaban J connectivity index is 1.37. The van der Waals surface area contributed by atoms with Crippen LogP contribution in [0.4, 0.5) is 18.9 Å². The number of fused-ring (bicyclic) bond motifs is 1. The molecule has 3 atom stereocenters. The van der Waals surface area contributed by atoms with Gasteiger partial charge < -0.3 is 21.0 Å². The fourth-order valence-corrected chi connectivity index (χ4v) is 6.20. The van der Waals surface area contributed by atoms with Crippen molar-refractivity contribution in [3.63, 3.8) is 0 Å². The lowest BCUT2D eigenvalue weighted by molar-refractivity contribution is -0.137. The summed E-state index contributed by atoms with van der Waals surface area (Å²) in [5.74, 6) is 1.60. The molecule has 0 radical (unpaired) electrons. The Bertz CT molecular complexity index is 956. The summed E-state index contributed by atoms with van der Waals surface area (Å²) in [6.45, 7) is 11.4. The maximum atomic E-state index is 13.4. The Kier molecular flexibility index (Phi) is 8.78. The summed E-state index contributed by atoms with van der Waals surface area (Å²) >= 11 is 6.10. The molecule has 6 nitrogen and oxygen atoms in total. The van der Waals surface area contributed by atoms with Gasteiger partial charge in [-0.15, -0.1) is 0 Å². The minimum Gasteiger partial charge on any atom is -0.323 e. The standard InChI is InChI=1S/C27H39ClF3N5O/c1-4-36(35-23(17(2)3)8-11-33-21-12-18-15-32-16-19(18)13-21)26(9-5-10-26)25(37)34-24-7-6-20(14-22(24)28)27(29,30)31/h4,6-7,14,17-19,21,23,32-33,35H,1,5,8-13,15-16H2,2-3H3,(H,34,37). The van der Waals surface area contributed by atoms with E-state index in [1.165, 1.54) is 18.9 Å². The maximum Gasteiger partial charge on any atom is 0.416 e. The molecule has 1 saturated heterocycles. The number of rotatable bonds is 11. The molecule has 3 aliphatic rings. The Labute approximate surface area is 222 Å². The molecular weight excluding hydrogens is 503 g/mol. The molecule has 1 heterocycles. The first-order chi connectivity index (χ1) is 17.5. The highest BCUT2D eigenvalue weighted by atomic mass is 35.5. The minimum absolute atomic E-state index is 0.119. The van der Waals surface area contributed by atoms with Crippen molar-refractivity contribution < 1.29 is 18.0 Å². The third-order valence-electron chi connectivity index (χ3n) is 8.44. The molecule has 1 aromatic rings. The van der Waals surface area contributed by atoms with E-state index >= 15 is 0 Å². The van der Waals surface area contributed by atoms with E-state index in [2.05, 4.69) is 41.8 Å². The van der Waals surface area contributed by atoms with Gasteiger partial charge in [-0.25, -0.2) is 5.43 Å². The van der Waals surface area contributed by atoms with Crippen LogP contribution in [-0.2, 0) is 11.0 Å². The third-order valence-corrected chi connectivity index (χ3v) is 8.76. The highest BCUT2D eigenvalue weighted by Gasteiger charge is 2.49. The van der Waals surface area contributed by atoms with E-state index in [1.807, 2.05) is 0 Å². The number of anilines is 1. The van der Waals surface area contributed by atoms with E-state index in [0.717, 1.165) is 56.4 Å². The topological polar surface area (TPSA) is 68.4 Å². The fourth-order valence-electron chi connectivity index (χ4n) is 5.97. The molecule has 3 unspecified atom stereocenters. The van der Waals surface area contributed by atoms with Crippen LogP contribution in [0, 0.1) is 17.8 Å². The molecule has 1 aromatic carbocycles. The molecule has 1 aliphatic heterocycles. The number of nitrogens with one attached hydrogen (secondary N) is 4. The molecule has 0 spiro atoms. The van der Waals surface area contributed by atoms with Crippen LogP contribution in [0.25, 0.3) is 0 Å². The number of benzene rings is 1.